The number of benzene rings is 1. The van der Waals surface area contributed by atoms with Gasteiger partial charge in [0.1, 0.15) is 5.82 Å². The van der Waals surface area contributed by atoms with Crippen LogP contribution in [0.25, 0.3) is 0 Å². The van der Waals surface area contributed by atoms with Crippen LogP contribution in [0, 0.1) is 11.2 Å². The van der Waals surface area contributed by atoms with Gasteiger partial charge in [-0.2, -0.15) is 0 Å². The van der Waals surface area contributed by atoms with Gasteiger partial charge in [0, 0.05) is 0 Å². The lowest BCUT2D eigenvalue weighted by molar-refractivity contribution is 0.0125. The molecule has 1 aromatic carbocycles. The molecule has 0 saturated heterocycles. The van der Waals surface area contributed by atoms with Crippen molar-refractivity contribution in [2.45, 2.75) is 52.6 Å². The fourth-order valence-corrected chi connectivity index (χ4v) is 1.88. The third-order valence-electron chi connectivity index (χ3n) is 3.24. The van der Waals surface area contributed by atoms with Crippen molar-refractivity contribution < 1.29 is 9.50 Å². The van der Waals surface area contributed by atoms with E-state index in [2.05, 4.69) is 20.8 Å². The molecule has 0 fully saturated rings. The Bertz CT molecular complexity index is 367. The van der Waals surface area contributed by atoms with E-state index in [0.717, 1.165) is 6.42 Å². The Morgan fingerprint density at radius 1 is 1.18 bits per heavy atom. The molecule has 0 aliphatic rings. The van der Waals surface area contributed by atoms with Gasteiger partial charge in [-0.25, -0.2) is 4.39 Å². The Kier molecular flexibility index (Phi) is 4.31. The van der Waals surface area contributed by atoms with E-state index in [0.29, 0.717) is 18.4 Å². The first kappa shape index (κ1) is 14.2. The Hall–Kier alpha value is -0.890. The van der Waals surface area contributed by atoms with E-state index >= 15 is 0 Å². The fraction of sp³-hybridized carbons (Fsp3) is 0.600. The van der Waals surface area contributed by atoms with Gasteiger partial charge in [0.15, 0.2) is 0 Å². The quantitative estimate of drug-likeness (QED) is 0.831. The molecule has 0 amide bonds. The Morgan fingerprint density at radius 2 is 1.82 bits per heavy atom. The van der Waals surface area contributed by atoms with Crippen molar-refractivity contribution in [3.8, 4) is 0 Å². The molecular weight excluding hydrogens is 215 g/mol. The minimum absolute atomic E-state index is 0.177. The molecule has 0 heterocycles. The zero-order valence-electron chi connectivity index (χ0n) is 11.3. The normalized spacial score (nSPS) is 15.6. The third-order valence-corrected chi connectivity index (χ3v) is 3.24. The Morgan fingerprint density at radius 3 is 2.29 bits per heavy atom. The van der Waals surface area contributed by atoms with Gasteiger partial charge in [-0.1, -0.05) is 39.8 Å². The predicted molar refractivity (Wildman–Crippen MR) is 69.3 cm³/mol. The second-order valence-electron chi connectivity index (χ2n) is 5.96. The summed E-state index contributed by atoms with van der Waals surface area (Å²) < 4.78 is 13.2. The minimum Gasteiger partial charge on any atom is -0.385 e. The van der Waals surface area contributed by atoms with Crippen molar-refractivity contribution in [2.24, 2.45) is 5.41 Å². The molecule has 17 heavy (non-hydrogen) atoms. The molecule has 1 nitrogen and oxygen atoms in total. The van der Waals surface area contributed by atoms with Crippen LogP contribution in [0.1, 0.15) is 52.5 Å². The average molecular weight is 238 g/mol. The Balaban J connectivity index is 2.88. The number of halogens is 1. The number of rotatable bonds is 4. The van der Waals surface area contributed by atoms with E-state index < -0.39 is 5.60 Å². The van der Waals surface area contributed by atoms with Crippen LogP contribution in [0.5, 0.6) is 0 Å². The molecular formula is C15H23FO. The molecule has 0 bridgehead atoms. The second kappa shape index (κ2) is 5.18. The molecule has 1 aromatic rings. The maximum absolute atomic E-state index is 13.2. The van der Waals surface area contributed by atoms with Gasteiger partial charge < -0.3 is 5.11 Å². The average Bonchev–Trinajstić information content (AvgIpc) is 2.25. The second-order valence-corrected chi connectivity index (χ2v) is 5.96. The smallest absolute Gasteiger partial charge is 0.123 e. The van der Waals surface area contributed by atoms with Crippen LogP contribution >= 0.6 is 0 Å². The highest BCUT2D eigenvalue weighted by Crippen LogP contribution is 2.34. The van der Waals surface area contributed by atoms with Crippen LogP contribution in [0.2, 0.25) is 0 Å². The predicted octanol–water partition coefficient (Wildman–Crippen LogP) is 4.25. The largest absolute Gasteiger partial charge is 0.385 e. The summed E-state index contributed by atoms with van der Waals surface area (Å²) in [5, 5.41) is 10.6. The van der Waals surface area contributed by atoms with Crippen LogP contribution < -0.4 is 0 Å². The van der Waals surface area contributed by atoms with Crippen molar-refractivity contribution in [1.29, 1.82) is 0 Å². The minimum atomic E-state index is -0.907. The monoisotopic (exact) mass is 238 g/mol. The zero-order valence-corrected chi connectivity index (χ0v) is 11.3. The highest BCUT2D eigenvalue weighted by Gasteiger charge is 2.29. The van der Waals surface area contributed by atoms with E-state index in [1.165, 1.54) is 12.1 Å². The Labute approximate surface area is 104 Å². The maximum Gasteiger partial charge on any atom is 0.123 e. The summed E-state index contributed by atoms with van der Waals surface area (Å²) in [6.45, 7) is 8.38. The van der Waals surface area contributed by atoms with Crippen LogP contribution in [-0.2, 0) is 5.60 Å². The molecule has 1 unspecified atom stereocenters. The first-order valence-electron chi connectivity index (χ1n) is 6.25. The first-order chi connectivity index (χ1) is 7.77. The van der Waals surface area contributed by atoms with Gasteiger partial charge in [-0.05, 0) is 42.4 Å². The maximum atomic E-state index is 13.2. The molecule has 0 aliphatic heterocycles. The summed E-state index contributed by atoms with van der Waals surface area (Å²) in [4.78, 5) is 0. The summed E-state index contributed by atoms with van der Waals surface area (Å²) in [5.74, 6) is -0.287. The SMILES string of the molecule is CCC(O)(CCC(C)(C)C)c1cccc(F)c1. The molecule has 0 aromatic heterocycles. The molecule has 0 radical (unpaired) electrons. The van der Waals surface area contributed by atoms with Crippen molar-refractivity contribution in [3.63, 3.8) is 0 Å². The van der Waals surface area contributed by atoms with Gasteiger partial charge in [0.05, 0.1) is 5.60 Å². The lowest BCUT2D eigenvalue weighted by Crippen LogP contribution is -2.26. The van der Waals surface area contributed by atoms with Crippen molar-refractivity contribution in [2.75, 3.05) is 0 Å². The van der Waals surface area contributed by atoms with Gasteiger partial charge in [-0.3, -0.25) is 0 Å². The van der Waals surface area contributed by atoms with Crippen LogP contribution in [-0.4, -0.2) is 5.11 Å². The third kappa shape index (κ3) is 4.12. The molecule has 2 heteroatoms. The molecule has 0 spiro atoms. The number of hydrogen-bond acceptors (Lipinski definition) is 1. The molecule has 1 atom stereocenters. The summed E-state index contributed by atoms with van der Waals surface area (Å²) in [6, 6.07) is 6.30. The fourth-order valence-electron chi connectivity index (χ4n) is 1.88. The van der Waals surface area contributed by atoms with E-state index in [9.17, 15) is 9.50 Å². The number of aliphatic hydroxyl groups is 1. The highest BCUT2D eigenvalue weighted by atomic mass is 19.1. The molecule has 0 aliphatic carbocycles. The highest BCUT2D eigenvalue weighted by molar-refractivity contribution is 5.23. The van der Waals surface area contributed by atoms with E-state index in [4.69, 9.17) is 0 Å². The van der Waals surface area contributed by atoms with Crippen molar-refractivity contribution >= 4 is 0 Å². The molecule has 96 valence electrons. The van der Waals surface area contributed by atoms with E-state index in [1.807, 2.05) is 6.92 Å². The summed E-state index contributed by atoms with van der Waals surface area (Å²) in [5.41, 5.74) is -0.0458. The number of hydrogen-bond donors (Lipinski definition) is 1. The van der Waals surface area contributed by atoms with Gasteiger partial charge >= 0.3 is 0 Å². The summed E-state index contributed by atoms with van der Waals surface area (Å²) in [7, 11) is 0. The van der Waals surface area contributed by atoms with Crippen LogP contribution in [0.4, 0.5) is 4.39 Å². The molecule has 1 rings (SSSR count). The van der Waals surface area contributed by atoms with E-state index in [1.54, 1.807) is 12.1 Å². The van der Waals surface area contributed by atoms with Gasteiger partial charge in [0.2, 0.25) is 0 Å². The lowest BCUT2D eigenvalue weighted by Gasteiger charge is -2.31. The van der Waals surface area contributed by atoms with E-state index in [-0.39, 0.29) is 11.2 Å². The van der Waals surface area contributed by atoms with Crippen molar-refractivity contribution in [3.05, 3.63) is 35.6 Å². The lowest BCUT2D eigenvalue weighted by atomic mass is 9.80. The first-order valence-corrected chi connectivity index (χ1v) is 6.25. The molecule has 1 N–H and O–H groups in total. The summed E-state index contributed by atoms with van der Waals surface area (Å²) >= 11 is 0. The van der Waals surface area contributed by atoms with Crippen LogP contribution in [0.3, 0.4) is 0 Å². The van der Waals surface area contributed by atoms with Crippen molar-refractivity contribution in [1.82, 2.24) is 0 Å². The van der Waals surface area contributed by atoms with Gasteiger partial charge in [0.25, 0.3) is 0 Å². The van der Waals surface area contributed by atoms with Gasteiger partial charge in [-0.15, -0.1) is 0 Å². The van der Waals surface area contributed by atoms with Crippen LogP contribution in [0.15, 0.2) is 24.3 Å². The molecule has 0 saturated carbocycles. The topological polar surface area (TPSA) is 20.2 Å². The zero-order chi connectivity index (χ0) is 13.1. The standard InChI is InChI=1S/C15H23FO/c1-5-15(17,10-9-14(2,3)4)12-7-6-8-13(16)11-12/h6-8,11,17H,5,9-10H2,1-4H3. The summed E-state index contributed by atoms with van der Waals surface area (Å²) in [6.07, 6.45) is 2.18.